The summed E-state index contributed by atoms with van der Waals surface area (Å²) in [6, 6.07) is 7.74. The number of amides is 2. The number of para-hydroxylation sites is 1. The molecule has 0 aromatic heterocycles. The normalized spacial score (nSPS) is 21.2. The third-order valence-corrected chi connectivity index (χ3v) is 6.19. The number of β-lactam (4-membered cyclic amide) rings is 1. The van der Waals surface area contributed by atoms with Gasteiger partial charge < -0.3 is 19.5 Å². The first-order chi connectivity index (χ1) is 15.6. The topological polar surface area (TPSA) is 111 Å². The fourth-order valence-corrected chi connectivity index (χ4v) is 4.47. The quantitative estimate of drug-likeness (QED) is 0.178. The molecule has 3 rings (SSSR count). The average molecular weight is 536 g/mol. The van der Waals surface area contributed by atoms with E-state index in [1.54, 1.807) is 37.3 Å². The van der Waals surface area contributed by atoms with Crippen LogP contribution in [-0.2, 0) is 28.7 Å². The molecule has 1 N–H and O–H groups in total. The zero-order valence-electron chi connectivity index (χ0n) is 17.0. The molecule has 33 heavy (non-hydrogen) atoms. The molecule has 1 unspecified atom stereocenters. The molecule has 0 aliphatic carbocycles. The summed E-state index contributed by atoms with van der Waals surface area (Å²) in [7, 11) is 0. The van der Waals surface area contributed by atoms with Crippen molar-refractivity contribution in [2.45, 2.75) is 22.1 Å². The van der Waals surface area contributed by atoms with Gasteiger partial charge in [0.25, 0.3) is 18.3 Å². The largest absolute Gasteiger partial charge is 0.484 e. The van der Waals surface area contributed by atoms with Crippen LogP contribution in [0.5, 0.6) is 5.75 Å². The number of hydrogen-bond acceptors (Lipinski definition) is 8. The van der Waals surface area contributed by atoms with Crippen LogP contribution in [0.15, 0.2) is 52.8 Å². The SMILES string of the molecule is CC1=C(C(=O)OCC(Cl)(Cl)Cl)N2C(=O)C(NC(=O)COc3ccccc3)[C@@H]2SC1=COC=O. The van der Waals surface area contributed by atoms with E-state index >= 15 is 0 Å². The smallest absolute Gasteiger partial charge is 0.355 e. The fourth-order valence-electron chi connectivity index (χ4n) is 3.02. The van der Waals surface area contributed by atoms with Crippen molar-refractivity contribution >= 4 is 70.8 Å². The molecule has 1 fully saturated rings. The van der Waals surface area contributed by atoms with Gasteiger partial charge in [-0.15, -0.1) is 0 Å². The lowest BCUT2D eigenvalue weighted by atomic mass is 10.0. The van der Waals surface area contributed by atoms with Crippen molar-refractivity contribution in [1.82, 2.24) is 10.2 Å². The summed E-state index contributed by atoms with van der Waals surface area (Å²) in [4.78, 5) is 50.0. The number of benzene rings is 1. The maximum Gasteiger partial charge on any atom is 0.355 e. The molecule has 0 radical (unpaired) electrons. The van der Waals surface area contributed by atoms with E-state index in [9.17, 15) is 19.2 Å². The highest BCUT2D eigenvalue weighted by Gasteiger charge is 2.55. The van der Waals surface area contributed by atoms with Crippen LogP contribution in [0.25, 0.3) is 0 Å². The molecule has 13 heteroatoms. The molecular formula is C20H17Cl3N2O7S. The van der Waals surface area contributed by atoms with E-state index in [1.165, 1.54) is 4.90 Å². The highest BCUT2D eigenvalue weighted by molar-refractivity contribution is 8.04. The Balaban J connectivity index is 1.74. The van der Waals surface area contributed by atoms with Crippen molar-refractivity contribution in [3.63, 3.8) is 0 Å². The first-order valence-electron chi connectivity index (χ1n) is 9.33. The van der Waals surface area contributed by atoms with Gasteiger partial charge in [0.2, 0.25) is 3.79 Å². The van der Waals surface area contributed by atoms with E-state index in [-0.39, 0.29) is 18.8 Å². The Morgan fingerprint density at radius 3 is 2.58 bits per heavy atom. The lowest BCUT2D eigenvalue weighted by molar-refractivity contribution is -0.153. The maximum atomic E-state index is 12.8. The number of halogens is 3. The van der Waals surface area contributed by atoms with Crippen molar-refractivity contribution in [3.05, 3.63) is 52.8 Å². The second-order valence-corrected chi connectivity index (χ2v) is 10.4. The molecular weight excluding hydrogens is 519 g/mol. The predicted octanol–water partition coefficient (Wildman–Crippen LogP) is 2.67. The number of allylic oxidation sites excluding steroid dienone is 1. The number of esters is 1. The number of ether oxygens (including phenoxy) is 3. The molecule has 1 aromatic carbocycles. The molecule has 0 bridgehead atoms. The third-order valence-electron chi connectivity index (χ3n) is 4.48. The predicted molar refractivity (Wildman–Crippen MR) is 121 cm³/mol. The standard InChI is InChI=1S/C20H17Cl3N2O7S/c1-11-13(7-30-10-26)33-18-15(24-14(27)8-31-12-5-3-2-4-6-12)17(28)25(18)16(11)19(29)32-9-20(21,22)23/h2-7,10,15,18H,8-9H2,1H3,(H,24,27)/t15?,18-/m0/s1. The number of nitrogens with one attached hydrogen (secondary N) is 1. The van der Waals surface area contributed by atoms with Crippen LogP contribution in [0.3, 0.4) is 0 Å². The van der Waals surface area contributed by atoms with Crippen LogP contribution in [-0.4, -0.2) is 57.6 Å². The molecule has 0 spiro atoms. The van der Waals surface area contributed by atoms with Gasteiger partial charge >= 0.3 is 5.97 Å². The van der Waals surface area contributed by atoms with E-state index in [1.807, 2.05) is 0 Å². The Kier molecular flexibility index (Phi) is 8.17. The molecule has 0 saturated carbocycles. The van der Waals surface area contributed by atoms with Crippen molar-refractivity contribution < 1.29 is 33.4 Å². The molecule has 2 amide bonds. The summed E-state index contributed by atoms with van der Waals surface area (Å²) < 4.78 is 13.3. The third kappa shape index (κ3) is 6.14. The molecule has 2 aliphatic rings. The van der Waals surface area contributed by atoms with Gasteiger partial charge in [-0.3, -0.25) is 19.3 Å². The maximum absolute atomic E-state index is 12.8. The molecule has 9 nitrogen and oxygen atoms in total. The number of nitrogens with zero attached hydrogens (tertiary/aromatic N) is 1. The summed E-state index contributed by atoms with van der Waals surface area (Å²) in [5.41, 5.74) is 0.211. The van der Waals surface area contributed by atoms with Crippen molar-refractivity contribution in [3.8, 4) is 5.75 Å². The second-order valence-electron chi connectivity index (χ2n) is 6.74. The van der Waals surface area contributed by atoms with Gasteiger partial charge in [-0.1, -0.05) is 64.8 Å². The van der Waals surface area contributed by atoms with E-state index in [0.717, 1.165) is 18.0 Å². The molecule has 2 aliphatic heterocycles. The Hall–Kier alpha value is -2.40. The van der Waals surface area contributed by atoms with E-state index in [4.69, 9.17) is 49.0 Å². The molecule has 1 aromatic rings. The van der Waals surface area contributed by atoms with Gasteiger partial charge in [0, 0.05) is 4.91 Å². The number of fused-ring (bicyclic) bond motifs is 1. The van der Waals surface area contributed by atoms with E-state index < -0.39 is 39.6 Å². The Morgan fingerprint density at radius 1 is 1.24 bits per heavy atom. The fraction of sp³-hybridized carbons (Fsp3) is 0.300. The Bertz CT molecular complexity index is 1010. The van der Waals surface area contributed by atoms with Crippen molar-refractivity contribution in [1.29, 1.82) is 0 Å². The van der Waals surface area contributed by atoms with Crippen molar-refractivity contribution in [2.24, 2.45) is 0 Å². The van der Waals surface area contributed by atoms with Crippen molar-refractivity contribution in [2.75, 3.05) is 13.2 Å². The van der Waals surface area contributed by atoms with Crippen LogP contribution >= 0.6 is 46.6 Å². The minimum atomic E-state index is -1.85. The number of carbonyl (C=O) groups excluding carboxylic acids is 4. The van der Waals surface area contributed by atoms with Crippen LogP contribution in [0, 0.1) is 0 Å². The Morgan fingerprint density at radius 2 is 1.94 bits per heavy atom. The molecule has 2 atom stereocenters. The van der Waals surface area contributed by atoms with Gasteiger partial charge in [-0.2, -0.15) is 0 Å². The van der Waals surface area contributed by atoms with E-state index in [2.05, 4.69) is 5.32 Å². The minimum Gasteiger partial charge on any atom is -0.484 e. The summed E-state index contributed by atoms with van der Waals surface area (Å²) in [5.74, 6) is -1.48. The van der Waals surface area contributed by atoms with Gasteiger partial charge in [0.15, 0.2) is 6.61 Å². The number of carbonyl (C=O) groups is 4. The van der Waals surface area contributed by atoms with Gasteiger partial charge in [-0.25, -0.2) is 4.79 Å². The summed E-state index contributed by atoms with van der Waals surface area (Å²) in [6.45, 7) is 0.894. The summed E-state index contributed by atoms with van der Waals surface area (Å²) >= 11 is 18.0. The number of hydrogen-bond donors (Lipinski definition) is 1. The highest BCUT2D eigenvalue weighted by atomic mass is 35.6. The number of thioether (sulfide) groups is 1. The Labute approximate surface area is 207 Å². The summed E-state index contributed by atoms with van der Waals surface area (Å²) in [6.07, 6.45) is 1.13. The highest BCUT2D eigenvalue weighted by Crippen LogP contribution is 2.46. The lowest BCUT2D eigenvalue weighted by Gasteiger charge is -2.49. The first kappa shape index (κ1) is 25.2. The molecule has 1 saturated heterocycles. The van der Waals surface area contributed by atoms with Gasteiger partial charge in [0.05, 0.1) is 0 Å². The second kappa shape index (κ2) is 10.7. The number of rotatable bonds is 8. The summed E-state index contributed by atoms with van der Waals surface area (Å²) in [5, 5.41) is 1.90. The minimum absolute atomic E-state index is 0.107. The van der Waals surface area contributed by atoms with Crippen LogP contribution in [0.2, 0.25) is 0 Å². The zero-order chi connectivity index (χ0) is 24.2. The van der Waals surface area contributed by atoms with Gasteiger partial charge in [-0.05, 0) is 24.6 Å². The number of alkyl halides is 3. The van der Waals surface area contributed by atoms with Crippen LogP contribution in [0.1, 0.15) is 6.92 Å². The first-order valence-corrected chi connectivity index (χ1v) is 11.3. The lowest BCUT2D eigenvalue weighted by Crippen LogP contribution is -2.70. The zero-order valence-corrected chi connectivity index (χ0v) is 20.0. The molecule has 176 valence electrons. The molecule has 2 heterocycles. The van der Waals surface area contributed by atoms with Crippen LogP contribution in [0.4, 0.5) is 0 Å². The van der Waals surface area contributed by atoms with E-state index in [0.29, 0.717) is 16.2 Å². The van der Waals surface area contributed by atoms with Crippen LogP contribution < -0.4 is 10.1 Å². The average Bonchev–Trinajstić information content (AvgIpc) is 2.78. The van der Waals surface area contributed by atoms with Gasteiger partial charge in [0.1, 0.15) is 35.7 Å². The monoisotopic (exact) mass is 534 g/mol.